The molecule has 1 atom stereocenters. The molecular formula is C7H15NO2. The lowest BCUT2D eigenvalue weighted by Crippen LogP contribution is -2.15. The molecule has 3 nitrogen and oxygen atoms in total. The van der Waals surface area contributed by atoms with E-state index in [2.05, 4.69) is 11.5 Å². The molecule has 1 fully saturated rings. The summed E-state index contributed by atoms with van der Waals surface area (Å²) in [5, 5.41) is 16.2. The van der Waals surface area contributed by atoms with Crippen molar-refractivity contribution in [3.8, 4) is 0 Å². The van der Waals surface area contributed by atoms with Crippen LogP contribution in [0, 0.1) is 0 Å². The Bertz CT molecular complexity index is 87.6. The van der Waals surface area contributed by atoms with Crippen LogP contribution < -0.4 is 0 Å². The second kappa shape index (κ2) is 5.26. The molecule has 0 aromatic heterocycles. The zero-order valence-corrected chi connectivity index (χ0v) is 6.32. The monoisotopic (exact) mass is 145 g/mol. The zero-order valence-electron chi connectivity index (χ0n) is 6.32. The summed E-state index contributed by atoms with van der Waals surface area (Å²) < 4.78 is 0. The van der Waals surface area contributed by atoms with Gasteiger partial charge in [0.15, 0.2) is 0 Å². The molecule has 1 aliphatic heterocycles. The Morgan fingerprint density at radius 1 is 1.70 bits per heavy atom. The Morgan fingerprint density at radius 3 is 2.30 bits per heavy atom. The highest BCUT2D eigenvalue weighted by Gasteiger charge is 2.14. The summed E-state index contributed by atoms with van der Waals surface area (Å²) >= 11 is 0. The molecule has 0 bridgehead atoms. The van der Waals surface area contributed by atoms with E-state index in [1.165, 1.54) is 0 Å². The van der Waals surface area contributed by atoms with E-state index in [0.29, 0.717) is 0 Å². The van der Waals surface area contributed by atoms with Crippen LogP contribution >= 0.6 is 0 Å². The van der Waals surface area contributed by atoms with Crippen LogP contribution in [-0.4, -0.2) is 41.4 Å². The van der Waals surface area contributed by atoms with Crippen molar-refractivity contribution in [1.29, 1.82) is 0 Å². The van der Waals surface area contributed by atoms with Crippen molar-refractivity contribution in [2.24, 2.45) is 0 Å². The van der Waals surface area contributed by atoms with Gasteiger partial charge in [-0.05, 0) is 13.5 Å². The molecular weight excluding hydrogens is 130 g/mol. The van der Waals surface area contributed by atoms with Gasteiger partial charge in [0.25, 0.3) is 0 Å². The van der Waals surface area contributed by atoms with Gasteiger partial charge in [-0.25, -0.2) is 0 Å². The topological polar surface area (TPSA) is 43.7 Å². The molecule has 0 radical (unpaired) electrons. The number of hydrogen-bond donors (Lipinski definition) is 2. The van der Waals surface area contributed by atoms with Gasteiger partial charge in [-0.1, -0.05) is 6.58 Å². The smallest absolute Gasteiger partial charge is 0.0719 e. The Morgan fingerprint density at radius 2 is 2.20 bits per heavy atom. The van der Waals surface area contributed by atoms with Crippen LogP contribution in [-0.2, 0) is 0 Å². The van der Waals surface area contributed by atoms with E-state index >= 15 is 0 Å². The summed E-state index contributed by atoms with van der Waals surface area (Å²) in [6.07, 6.45) is 1.65. The standard InChI is InChI=1S/C5H11NO.C2H4O/c1-6-3-2-5(7)4-6;1-2-3/h5,7H,2-4H2,1H3;2-3H,1H2. The average molecular weight is 145 g/mol. The van der Waals surface area contributed by atoms with Gasteiger partial charge in [0.05, 0.1) is 12.4 Å². The van der Waals surface area contributed by atoms with Crippen LogP contribution in [0.2, 0.25) is 0 Å². The predicted molar refractivity (Wildman–Crippen MR) is 40.9 cm³/mol. The third-order valence-corrected chi connectivity index (χ3v) is 1.37. The van der Waals surface area contributed by atoms with Crippen molar-refractivity contribution in [2.45, 2.75) is 12.5 Å². The molecule has 1 heterocycles. The highest BCUT2D eigenvalue weighted by molar-refractivity contribution is 4.70. The quantitative estimate of drug-likeness (QED) is 0.484. The van der Waals surface area contributed by atoms with Crippen molar-refractivity contribution in [2.75, 3.05) is 20.1 Å². The van der Waals surface area contributed by atoms with Crippen molar-refractivity contribution >= 4 is 0 Å². The number of β-amino-alcohol motifs (C(OH)–C–C–N with tert-alkyl or cyclic N) is 1. The number of likely N-dealkylation sites (N-methyl/N-ethyl adjacent to an activating group) is 1. The van der Waals surface area contributed by atoms with Gasteiger partial charge in [0.2, 0.25) is 0 Å². The van der Waals surface area contributed by atoms with Crippen LogP contribution in [0.15, 0.2) is 12.8 Å². The van der Waals surface area contributed by atoms with Gasteiger partial charge in [-0.2, -0.15) is 0 Å². The van der Waals surface area contributed by atoms with Crippen LogP contribution in [0.4, 0.5) is 0 Å². The number of rotatable bonds is 0. The number of aliphatic hydroxyl groups excluding tert-OH is 2. The molecule has 0 saturated carbocycles. The average Bonchev–Trinajstić information content (AvgIpc) is 2.17. The molecule has 2 N–H and O–H groups in total. The Kier molecular flexibility index (Phi) is 4.98. The maximum atomic E-state index is 8.86. The minimum Gasteiger partial charge on any atom is -0.516 e. The first kappa shape index (κ1) is 9.46. The molecule has 0 aliphatic carbocycles. The third-order valence-electron chi connectivity index (χ3n) is 1.37. The molecule has 0 aromatic carbocycles. The molecule has 3 heteroatoms. The van der Waals surface area contributed by atoms with Crippen molar-refractivity contribution < 1.29 is 10.2 Å². The maximum absolute atomic E-state index is 8.86. The second-order valence-corrected chi connectivity index (χ2v) is 2.39. The lowest BCUT2D eigenvalue weighted by Gasteiger charge is -2.02. The summed E-state index contributed by atoms with van der Waals surface area (Å²) in [6, 6.07) is 0. The Labute approximate surface area is 61.6 Å². The molecule has 60 valence electrons. The fourth-order valence-electron chi connectivity index (χ4n) is 0.912. The molecule has 0 aromatic rings. The van der Waals surface area contributed by atoms with E-state index in [4.69, 9.17) is 10.2 Å². The van der Waals surface area contributed by atoms with E-state index in [-0.39, 0.29) is 6.10 Å². The van der Waals surface area contributed by atoms with E-state index in [1.807, 2.05) is 7.05 Å². The maximum Gasteiger partial charge on any atom is 0.0719 e. The van der Waals surface area contributed by atoms with Gasteiger partial charge < -0.3 is 15.1 Å². The molecule has 1 saturated heterocycles. The number of aliphatic hydroxyl groups is 2. The van der Waals surface area contributed by atoms with E-state index < -0.39 is 0 Å². The van der Waals surface area contributed by atoms with Crippen molar-refractivity contribution in [1.82, 2.24) is 4.90 Å². The van der Waals surface area contributed by atoms with Gasteiger partial charge in [-0.3, -0.25) is 0 Å². The summed E-state index contributed by atoms with van der Waals surface area (Å²) in [7, 11) is 2.02. The van der Waals surface area contributed by atoms with E-state index in [1.54, 1.807) is 0 Å². The molecule has 1 rings (SSSR count). The first-order chi connectivity index (χ1) is 4.70. The highest BCUT2D eigenvalue weighted by atomic mass is 16.3. The number of likely N-dealkylation sites (tertiary alicyclic amines) is 1. The highest BCUT2D eigenvalue weighted by Crippen LogP contribution is 2.03. The molecule has 0 amide bonds. The second-order valence-electron chi connectivity index (χ2n) is 2.39. The Hall–Kier alpha value is -0.540. The van der Waals surface area contributed by atoms with Crippen molar-refractivity contribution in [3.05, 3.63) is 12.8 Å². The van der Waals surface area contributed by atoms with Crippen LogP contribution in [0.5, 0.6) is 0 Å². The number of hydrogen-bond acceptors (Lipinski definition) is 3. The third kappa shape index (κ3) is 4.35. The predicted octanol–water partition coefficient (Wildman–Crippen LogP) is 0.371. The lowest BCUT2D eigenvalue weighted by molar-refractivity contribution is 0.183. The summed E-state index contributed by atoms with van der Waals surface area (Å²) in [4.78, 5) is 2.13. The molecule has 10 heavy (non-hydrogen) atoms. The normalized spacial score (nSPS) is 25.2. The molecule has 1 unspecified atom stereocenters. The van der Waals surface area contributed by atoms with Crippen LogP contribution in [0.1, 0.15) is 6.42 Å². The summed E-state index contributed by atoms with van der Waals surface area (Å²) in [6.45, 7) is 4.83. The van der Waals surface area contributed by atoms with E-state index in [0.717, 1.165) is 25.8 Å². The van der Waals surface area contributed by atoms with Gasteiger partial charge in [0.1, 0.15) is 0 Å². The van der Waals surface area contributed by atoms with Gasteiger partial charge in [0, 0.05) is 13.1 Å². The summed E-state index contributed by atoms with van der Waals surface area (Å²) in [5.74, 6) is 0. The zero-order chi connectivity index (χ0) is 7.98. The minimum absolute atomic E-state index is 0.0509. The fourth-order valence-corrected chi connectivity index (χ4v) is 0.912. The first-order valence-corrected chi connectivity index (χ1v) is 3.32. The first-order valence-electron chi connectivity index (χ1n) is 3.32. The summed E-state index contributed by atoms with van der Waals surface area (Å²) in [5.41, 5.74) is 0. The SMILES string of the molecule is C=CO.CN1CCC(O)C1. The largest absolute Gasteiger partial charge is 0.516 e. The van der Waals surface area contributed by atoms with Crippen LogP contribution in [0.3, 0.4) is 0 Å². The van der Waals surface area contributed by atoms with E-state index in [9.17, 15) is 0 Å². The van der Waals surface area contributed by atoms with Crippen LogP contribution in [0.25, 0.3) is 0 Å². The number of nitrogens with zero attached hydrogens (tertiary/aromatic N) is 1. The van der Waals surface area contributed by atoms with Crippen molar-refractivity contribution in [3.63, 3.8) is 0 Å². The molecule has 0 spiro atoms. The van der Waals surface area contributed by atoms with Gasteiger partial charge >= 0.3 is 0 Å². The molecule has 1 aliphatic rings. The fraction of sp³-hybridized carbons (Fsp3) is 0.714. The van der Waals surface area contributed by atoms with Gasteiger partial charge in [-0.15, -0.1) is 0 Å². The Balaban J connectivity index is 0.000000236. The lowest BCUT2D eigenvalue weighted by atomic mass is 10.3. The minimum atomic E-state index is -0.0509.